The van der Waals surface area contributed by atoms with Gasteiger partial charge < -0.3 is 9.88 Å². The van der Waals surface area contributed by atoms with E-state index in [1.54, 1.807) is 28.6 Å². The first-order chi connectivity index (χ1) is 8.16. The van der Waals surface area contributed by atoms with E-state index in [2.05, 4.69) is 24.4 Å². The van der Waals surface area contributed by atoms with E-state index in [4.69, 9.17) is 0 Å². The second-order valence-corrected chi connectivity index (χ2v) is 4.18. The fourth-order valence-electron chi connectivity index (χ4n) is 1.67. The number of benzene rings is 1. The Balaban J connectivity index is 1.90. The Morgan fingerprint density at radius 3 is 2.47 bits per heavy atom. The molecular weight excluding hydrogens is 214 g/mol. The minimum atomic E-state index is 0.0238. The summed E-state index contributed by atoms with van der Waals surface area (Å²) in [7, 11) is 1.76. The number of hydrogen-bond acceptors (Lipinski definition) is 2. The monoisotopic (exact) mass is 231 g/mol. The van der Waals surface area contributed by atoms with Crippen molar-refractivity contribution >= 4 is 5.69 Å². The Hall–Kier alpha value is -1.97. The molecule has 0 saturated heterocycles. The molecule has 0 aliphatic carbocycles. The van der Waals surface area contributed by atoms with Crippen LogP contribution in [0.4, 0.5) is 5.69 Å². The predicted octanol–water partition coefficient (Wildman–Crippen LogP) is 1.61. The molecule has 0 saturated carbocycles. The summed E-state index contributed by atoms with van der Waals surface area (Å²) in [6.07, 6.45) is 3.58. The van der Waals surface area contributed by atoms with Gasteiger partial charge in [-0.2, -0.15) is 0 Å². The minimum absolute atomic E-state index is 0.0238. The van der Waals surface area contributed by atoms with Crippen LogP contribution in [0.15, 0.2) is 41.5 Å². The highest BCUT2D eigenvalue weighted by atomic mass is 16.1. The van der Waals surface area contributed by atoms with Gasteiger partial charge in [0.1, 0.15) is 0 Å². The summed E-state index contributed by atoms with van der Waals surface area (Å²) >= 11 is 0. The van der Waals surface area contributed by atoms with Crippen LogP contribution in [-0.2, 0) is 13.6 Å². The van der Waals surface area contributed by atoms with Crippen molar-refractivity contribution in [1.82, 2.24) is 9.13 Å². The molecule has 4 heteroatoms. The molecule has 2 aromatic rings. The van der Waals surface area contributed by atoms with Crippen LogP contribution in [0.25, 0.3) is 0 Å². The van der Waals surface area contributed by atoms with Crippen molar-refractivity contribution in [2.24, 2.45) is 7.05 Å². The maximum absolute atomic E-state index is 11.6. The first kappa shape index (κ1) is 11.5. The largest absolute Gasteiger partial charge is 0.383 e. The Labute approximate surface area is 101 Å². The van der Waals surface area contributed by atoms with Crippen molar-refractivity contribution in [2.75, 3.05) is 11.9 Å². The zero-order valence-electron chi connectivity index (χ0n) is 10.2. The Morgan fingerprint density at radius 1 is 1.18 bits per heavy atom. The fraction of sp³-hybridized carbons (Fsp3) is 0.308. The summed E-state index contributed by atoms with van der Waals surface area (Å²) in [6.45, 7) is 3.48. The summed E-state index contributed by atoms with van der Waals surface area (Å²) in [5.74, 6) is 0. The number of nitrogens with one attached hydrogen (secondary N) is 1. The molecule has 0 unspecified atom stereocenters. The van der Waals surface area contributed by atoms with Crippen molar-refractivity contribution in [3.8, 4) is 0 Å². The lowest BCUT2D eigenvalue weighted by molar-refractivity contribution is 0.672. The molecule has 90 valence electrons. The summed E-state index contributed by atoms with van der Waals surface area (Å²) in [4.78, 5) is 11.6. The van der Waals surface area contributed by atoms with Crippen molar-refractivity contribution in [1.29, 1.82) is 0 Å². The molecule has 0 amide bonds. The molecule has 1 N–H and O–H groups in total. The summed E-state index contributed by atoms with van der Waals surface area (Å²) in [5, 5.41) is 3.29. The molecule has 0 fully saturated rings. The predicted molar refractivity (Wildman–Crippen MR) is 69.3 cm³/mol. The highest BCUT2D eigenvalue weighted by Gasteiger charge is 1.98. The summed E-state index contributed by atoms with van der Waals surface area (Å²) in [6, 6.07) is 8.22. The van der Waals surface area contributed by atoms with Crippen molar-refractivity contribution in [2.45, 2.75) is 13.5 Å². The summed E-state index contributed by atoms with van der Waals surface area (Å²) < 4.78 is 3.27. The van der Waals surface area contributed by atoms with E-state index in [-0.39, 0.29) is 5.69 Å². The Morgan fingerprint density at radius 2 is 1.88 bits per heavy atom. The van der Waals surface area contributed by atoms with Gasteiger partial charge in [-0.05, 0) is 19.1 Å². The molecular formula is C13H17N3O. The Bertz CT molecular complexity index is 537. The number of hydrogen-bond donors (Lipinski definition) is 1. The number of rotatable bonds is 4. The van der Waals surface area contributed by atoms with E-state index in [9.17, 15) is 4.79 Å². The lowest BCUT2D eigenvalue weighted by Crippen LogP contribution is -2.24. The van der Waals surface area contributed by atoms with Crippen LogP contribution >= 0.6 is 0 Å². The van der Waals surface area contributed by atoms with Gasteiger partial charge in [0.25, 0.3) is 0 Å². The standard InChI is InChI=1S/C13H17N3O/c1-11-3-5-12(6-4-11)14-7-8-16-10-9-15(2)13(16)17/h3-6,9-10,14H,7-8H2,1-2H3. The zero-order valence-corrected chi connectivity index (χ0v) is 10.2. The van der Waals surface area contributed by atoms with Crippen LogP contribution in [0.1, 0.15) is 5.56 Å². The van der Waals surface area contributed by atoms with E-state index < -0.39 is 0 Å². The van der Waals surface area contributed by atoms with Gasteiger partial charge in [-0.1, -0.05) is 17.7 Å². The molecule has 0 aliphatic rings. The van der Waals surface area contributed by atoms with Crippen LogP contribution in [-0.4, -0.2) is 15.7 Å². The zero-order chi connectivity index (χ0) is 12.3. The average molecular weight is 231 g/mol. The van der Waals surface area contributed by atoms with Crippen LogP contribution in [0.3, 0.4) is 0 Å². The van der Waals surface area contributed by atoms with E-state index >= 15 is 0 Å². The van der Waals surface area contributed by atoms with E-state index in [0.29, 0.717) is 6.54 Å². The Kier molecular flexibility index (Phi) is 3.32. The van der Waals surface area contributed by atoms with E-state index in [1.165, 1.54) is 5.56 Å². The molecule has 1 heterocycles. The van der Waals surface area contributed by atoms with Gasteiger partial charge in [0.2, 0.25) is 0 Å². The molecule has 1 aromatic heterocycles. The van der Waals surface area contributed by atoms with Crippen LogP contribution in [0, 0.1) is 6.92 Å². The first-order valence-corrected chi connectivity index (χ1v) is 5.69. The highest BCUT2D eigenvalue weighted by molar-refractivity contribution is 5.44. The van der Waals surface area contributed by atoms with Crippen molar-refractivity contribution in [3.63, 3.8) is 0 Å². The average Bonchev–Trinajstić information content (AvgIpc) is 2.64. The number of aromatic nitrogens is 2. The molecule has 1 aromatic carbocycles. The van der Waals surface area contributed by atoms with Gasteiger partial charge in [-0.3, -0.25) is 4.57 Å². The number of imidazole rings is 1. The maximum Gasteiger partial charge on any atom is 0.327 e. The van der Waals surface area contributed by atoms with Crippen molar-refractivity contribution in [3.05, 3.63) is 52.7 Å². The van der Waals surface area contributed by atoms with E-state index in [0.717, 1.165) is 12.2 Å². The first-order valence-electron chi connectivity index (χ1n) is 5.69. The van der Waals surface area contributed by atoms with Gasteiger partial charge >= 0.3 is 5.69 Å². The van der Waals surface area contributed by atoms with Crippen LogP contribution in [0.5, 0.6) is 0 Å². The third-order valence-electron chi connectivity index (χ3n) is 2.75. The lowest BCUT2D eigenvalue weighted by Gasteiger charge is -2.06. The van der Waals surface area contributed by atoms with Gasteiger partial charge in [0.05, 0.1) is 0 Å². The molecule has 0 atom stereocenters. The molecule has 4 nitrogen and oxygen atoms in total. The number of nitrogens with zero attached hydrogens (tertiary/aromatic N) is 2. The highest BCUT2D eigenvalue weighted by Crippen LogP contribution is 2.07. The van der Waals surface area contributed by atoms with E-state index in [1.807, 2.05) is 12.1 Å². The second kappa shape index (κ2) is 4.91. The van der Waals surface area contributed by atoms with Gasteiger partial charge in [0, 0.05) is 38.2 Å². The second-order valence-electron chi connectivity index (χ2n) is 4.18. The molecule has 2 rings (SSSR count). The van der Waals surface area contributed by atoms with Gasteiger partial charge in [-0.15, -0.1) is 0 Å². The van der Waals surface area contributed by atoms with Crippen LogP contribution in [0.2, 0.25) is 0 Å². The quantitative estimate of drug-likeness (QED) is 0.868. The third kappa shape index (κ3) is 2.78. The van der Waals surface area contributed by atoms with Crippen molar-refractivity contribution < 1.29 is 0 Å². The van der Waals surface area contributed by atoms with Gasteiger partial charge in [0.15, 0.2) is 0 Å². The number of aryl methyl sites for hydroxylation is 2. The molecule has 17 heavy (non-hydrogen) atoms. The lowest BCUT2D eigenvalue weighted by atomic mass is 10.2. The topological polar surface area (TPSA) is 39.0 Å². The minimum Gasteiger partial charge on any atom is -0.383 e. The van der Waals surface area contributed by atoms with Gasteiger partial charge in [-0.25, -0.2) is 4.79 Å². The summed E-state index contributed by atoms with van der Waals surface area (Å²) in [5.41, 5.74) is 2.35. The molecule has 0 aliphatic heterocycles. The normalized spacial score (nSPS) is 10.5. The maximum atomic E-state index is 11.6. The third-order valence-corrected chi connectivity index (χ3v) is 2.75. The fourth-order valence-corrected chi connectivity index (χ4v) is 1.67. The number of anilines is 1. The van der Waals surface area contributed by atoms with Crippen LogP contribution < -0.4 is 11.0 Å². The SMILES string of the molecule is Cc1ccc(NCCn2ccn(C)c2=O)cc1. The molecule has 0 radical (unpaired) electrons. The smallest absolute Gasteiger partial charge is 0.327 e. The molecule has 0 bridgehead atoms. The molecule has 0 spiro atoms.